The molecule has 1 aliphatic heterocycles. The number of carboxylic acids is 1. The number of carbonyl (C=O) groups excluding carboxylic acids is 3. The van der Waals surface area contributed by atoms with E-state index in [0.29, 0.717) is 30.4 Å². The van der Waals surface area contributed by atoms with Crippen LogP contribution in [0.4, 0.5) is 0 Å². The second-order valence-corrected chi connectivity index (χ2v) is 20.4. The van der Waals surface area contributed by atoms with E-state index in [1.165, 1.54) is 5.57 Å². The number of β-amino-alcohol motifs (C(OH)–C–C–N with tert-alkyl or cyclic N) is 1. The number of aliphatic hydroxyl groups excluding tert-OH is 1. The van der Waals surface area contributed by atoms with Gasteiger partial charge in [0.25, 0.3) is 5.91 Å². The van der Waals surface area contributed by atoms with Crippen molar-refractivity contribution in [3.63, 3.8) is 0 Å². The minimum absolute atomic E-state index is 0.0106. The lowest BCUT2D eigenvalue weighted by Gasteiger charge is -2.72. The van der Waals surface area contributed by atoms with Crippen LogP contribution in [0.1, 0.15) is 142 Å². The molecule has 7 rings (SSSR count). The van der Waals surface area contributed by atoms with E-state index in [2.05, 4.69) is 48.5 Å². The number of hydrogen-bond acceptors (Lipinski definition) is 6. The maximum atomic E-state index is 14.1. The van der Waals surface area contributed by atoms with Crippen molar-refractivity contribution in [2.75, 3.05) is 6.54 Å². The van der Waals surface area contributed by atoms with E-state index >= 15 is 0 Å². The van der Waals surface area contributed by atoms with Crippen LogP contribution in [-0.2, 0) is 25.7 Å². The lowest BCUT2D eigenvalue weighted by Crippen LogP contribution is -2.66. The third kappa shape index (κ3) is 5.44. The Labute approximate surface area is 316 Å². The molecule has 9 atom stereocenters. The zero-order chi connectivity index (χ0) is 38.7. The normalized spacial score (nSPS) is 38.1. The molecule has 4 saturated carbocycles. The topological polar surface area (TPSA) is 121 Å². The molecule has 1 unspecified atom stereocenters. The van der Waals surface area contributed by atoms with Crippen molar-refractivity contribution in [2.24, 2.45) is 56.2 Å². The van der Waals surface area contributed by atoms with E-state index in [1.807, 2.05) is 24.3 Å². The van der Waals surface area contributed by atoms with Gasteiger partial charge in [0.2, 0.25) is 0 Å². The number of aliphatic hydroxyl groups is 1. The lowest BCUT2D eigenvalue weighted by atomic mass is 9.33. The summed E-state index contributed by atoms with van der Waals surface area (Å²) >= 11 is 0. The molecule has 4 fully saturated rings. The molecule has 1 aromatic carbocycles. The maximum Gasteiger partial charge on any atom is 0.309 e. The molecule has 0 aromatic heterocycles. The number of nitrogens with zero attached hydrogens (tertiary/aromatic N) is 1. The van der Waals surface area contributed by atoms with Crippen LogP contribution in [0.2, 0.25) is 0 Å². The van der Waals surface area contributed by atoms with Gasteiger partial charge in [-0.1, -0.05) is 72.2 Å². The van der Waals surface area contributed by atoms with Crippen LogP contribution in [0.15, 0.2) is 35.4 Å². The summed E-state index contributed by atoms with van der Waals surface area (Å²) in [5.74, 6) is -0.243. The summed E-state index contributed by atoms with van der Waals surface area (Å²) in [7, 11) is 0. The van der Waals surface area contributed by atoms with Crippen molar-refractivity contribution < 1.29 is 34.1 Å². The molecule has 290 valence electrons. The quantitative estimate of drug-likeness (QED) is 0.258. The smallest absolute Gasteiger partial charge is 0.309 e. The van der Waals surface area contributed by atoms with E-state index in [0.717, 1.165) is 62.5 Å². The summed E-state index contributed by atoms with van der Waals surface area (Å²) < 4.78 is 6.16. The number of ketones is 1. The molecule has 1 aromatic rings. The number of fused-ring (bicyclic) bond motifs is 8. The lowest BCUT2D eigenvalue weighted by molar-refractivity contribution is -0.235. The highest BCUT2D eigenvalue weighted by molar-refractivity contribution is 6.01. The highest BCUT2D eigenvalue weighted by Crippen LogP contribution is 2.77. The number of hydrogen-bond donors (Lipinski definition) is 2. The average Bonchev–Trinajstić information content (AvgIpc) is 3.56. The first kappa shape index (κ1) is 38.3. The van der Waals surface area contributed by atoms with Gasteiger partial charge in [0.05, 0.1) is 17.9 Å². The monoisotopic (exact) mass is 729 g/mol. The highest BCUT2D eigenvalue weighted by atomic mass is 16.5. The molecule has 53 heavy (non-hydrogen) atoms. The molecule has 0 saturated heterocycles. The van der Waals surface area contributed by atoms with E-state index in [1.54, 1.807) is 18.7 Å². The largest absolute Gasteiger partial charge is 0.481 e. The molecular weight excluding hydrogens is 666 g/mol. The fraction of sp³-hybridized carbons (Fsp3) is 0.733. The van der Waals surface area contributed by atoms with Gasteiger partial charge in [0, 0.05) is 35.9 Å². The number of carboxylic acid groups (broad SMARTS) is 1. The molecule has 1 amide bonds. The highest BCUT2D eigenvalue weighted by Gasteiger charge is 2.71. The minimum atomic E-state index is -1.18. The summed E-state index contributed by atoms with van der Waals surface area (Å²) in [4.78, 5) is 54.2. The summed E-state index contributed by atoms with van der Waals surface area (Å²) in [6.45, 7) is 20.2. The Bertz CT molecular complexity index is 1760. The molecule has 8 nitrogen and oxygen atoms in total. The van der Waals surface area contributed by atoms with Crippen molar-refractivity contribution in [1.29, 1.82) is 0 Å². The van der Waals surface area contributed by atoms with Crippen molar-refractivity contribution >= 4 is 23.6 Å². The summed E-state index contributed by atoms with van der Waals surface area (Å²) in [5.41, 5.74) is 1.74. The number of rotatable bonds is 8. The van der Waals surface area contributed by atoms with Crippen LogP contribution in [0.3, 0.4) is 0 Å². The van der Waals surface area contributed by atoms with E-state index in [-0.39, 0.29) is 64.3 Å². The van der Waals surface area contributed by atoms with Crippen LogP contribution in [0, 0.1) is 56.2 Å². The van der Waals surface area contributed by atoms with Gasteiger partial charge in [-0.25, -0.2) is 0 Å². The fourth-order valence-electron chi connectivity index (χ4n) is 13.8. The summed E-state index contributed by atoms with van der Waals surface area (Å²) in [6.07, 6.45) is 6.59. The molecule has 5 aliphatic carbocycles. The predicted molar refractivity (Wildman–Crippen MR) is 203 cm³/mol. The van der Waals surface area contributed by atoms with Gasteiger partial charge in [-0.3, -0.25) is 19.2 Å². The number of allylic oxidation sites excluding steroid dienone is 1. The Morgan fingerprint density at radius 3 is 2.28 bits per heavy atom. The molecule has 1 heterocycles. The van der Waals surface area contributed by atoms with Crippen molar-refractivity contribution in [2.45, 2.75) is 145 Å². The molecule has 8 heteroatoms. The van der Waals surface area contributed by atoms with Crippen LogP contribution < -0.4 is 0 Å². The summed E-state index contributed by atoms with van der Waals surface area (Å²) in [5, 5.41) is 22.0. The second-order valence-electron chi connectivity index (χ2n) is 20.4. The standard InChI is InChI=1S/C45H63NO7/c1-26(2)36-30(47)22-45(33(48)25-46-24-27-12-10-11-13-28(27)38(46)50)21-20-43(8)29(37(36)45)14-15-32-42(7)18-17-34(53-35(49)23-40(3,4)39(51)52)41(5,6)31(42)16-19-44(32,43)9/h10-13,26,29,31-34,48H,14-25H2,1-9H3,(H,51,52)/t29-,31+,32-,33+,34?,42+,43-,44-,45+/m1/s1. The predicted octanol–water partition coefficient (Wildman–Crippen LogP) is 8.40. The van der Waals surface area contributed by atoms with E-state index < -0.39 is 28.9 Å². The van der Waals surface area contributed by atoms with Gasteiger partial charge < -0.3 is 19.8 Å². The number of aliphatic carboxylic acids is 1. The van der Waals surface area contributed by atoms with Gasteiger partial charge in [-0.15, -0.1) is 0 Å². The number of ether oxygens (including phenoxy) is 1. The van der Waals surface area contributed by atoms with Crippen LogP contribution in [0.25, 0.3) is 0 Å². The number of Topliss-reactive ketones (excluding diaryl/α,β-unsaturated/α-hetero) is 1. The number of esters is 1. The average molecular weight is 730 g/mol. The SMILES string of the molecule is CC(C)C1=C2[C@H]3CC[C@@H]4[C@@]5(C)CCC(OC(=O)CC(C)(C)C(=O)O)C(C)(C)[C@@H]5CC[C@@]4(C)[C@]3(C)CC[C@@]2([C@@H](O)CN2Cc3ccccc3C2=O)CC1=O. The van der Waals surface area contributed by atoms with Gasteiger partial charge >= 0.3 is 11.9 Å². The molecule has 0 spiro atoms. The molecular formula is C45H63NO7. The Morgan fingerprint density at radius 1 is 0.925 bits per heavy atom. The molecule has 2 N–H and O–H groups in total. The first-order chi connectivity index (χ1) is 24.6. The van der Waals surface area contributed by atoms with E-state index in [9.17, 15) is 29.4 Å². The Morgan fingerprint density at radius 2 is 1.62 bits per heavy atom. The van der Waals surface area contributed by atoms with Crippen LogP contribution >= 0.6 is 0 Å². The third-order valence-electron chi connectivity index (χ3n) is 16.8. The van der Waals surface area contributed by atoms with E-state index in [4.69, 9.17) is 4.74 Å². The first-order valence-electron chi connectivity index (χ1n) is 20.4. The second kappa shape index (κ2) is 12.5. The Balaban J connectivity index is 1.17. The maximum absolute atomic E-state index is 14.1. The number of amides is 1. The molecule has 0 radical (unpaired) electrons. The molecule has 0 bridgehead atoms. The van der Waals surface area contributed by atoms with Gasteiger partial charge in [-0.2, -0.15) is 0 Å². The van der Waals surface area contributed by atoms with Crippen LogP contribution in [-0.4, -0.2) is 57.5 Å². The van der Waals surface area contributed by atoms with Gasteiger partial charge in [0.1, 0.15) is 6.10 Å². The van der Waals surface area contributed by atoms with Crippen molar-refractivity contribution in [3.8, 4) is 0 Å². The zero-order valence-electron chi connectivity index (χ0n) is 33.6. The minimum Gasteiger partial charge on any atom is -0.481 e. The summed E-state index contributed by atoms with van der Waals surface area (Å²) in [6, 6.07) is 7.70. The zero-order valence-corrected chi connectivity index (χ0v) is 33.6. The van der Waals surface area contributed by atoms with Gasteiger partial charge in [-0.05, 0) is 122 Å². The Kier molecular flexibility index (Phi) is 9.04. The Hall–Kier alpha value is -3.00. The van der Waals surface area contributed by atoms with Crippen molar-refractivity contribution in [1.82, 2.24) is 4.90 Å². The first-order valence-corrected chi connectivity index (χ1v) is 20.4. The number of carbonyl (C=O) groups is 4. The number of benzene rings is 1. The van der Waals surface area contributed by atoms with Gasteiger partial charge in [0.15, 0.2) is 5.78 Å². The van der Waals surface area contributed by atoms with Crippen LogP contribution in [0.5, 0.6) is 0 Å². The third-order valence-corrected chi connectivity index (χ3v) is 16.8. The molecule has 6 aliphatic rings. The fourth-order valence-corrected chi connectivity index (χ4v) is 13.8. The van der Waals surface area contributed by atoms with Crippen molar-refractivity contribution in [3.05, 3.63) is 46.5 Å².